The molecule has 0 spiro atoms. The lowest BCUT2D eigenvalue weighted by Crippen LogP contribution is -2.47. The first-order chi connectivity index (χ1) is 15.8. The first-order valence-corrected chi connectivity index (χ1v) is 12.2. The molecule has 1 heterocycles. The number of halogens is 3. The summed E-state index contributed by atoms with van der Waals surface area (Å²) in [5.41, 5.74) is 1.20. The summed E-state index contributed by atoms with van der Waals surface area (Å²) in [6.07, 6.45) is 1.52. The number of benzene rings is 2. The van der Waals surface area contributed by atoms with Gasteiger partial charge in [-0.2, -0.15) is 0 Å². The minimum Gasteiger partial charge on any atom is -0.468 e. The molecule has 1 fully saturated rings. The fraction of sp³-hybridized carbons (Fsp3) is 0.500. The van der Waals surface area contributed by atoms with Crippen molar-refractivity contribution in [3.8, 4) is 0 Å². The van der Waals surface area contributed by atoms with E-state index in [-0.39, 0.29) is 17.7 Å². The molecule has 2 aromatic rings. The van der Waals surface area contributed by atoms with Crippen LogP contribution in [0.1, 0.15) is 37.8 Å². The molecule has 0 N–H and O–H groups in total. The zero-order valence-corrected chi connectivity index (χ0v) is 21.1. The third kappa shape index (κ3) is 6.27. The maximum absolute atomic E-state index is 13.5. The van der Waals surface area contributed by atoms with Gasteiger partial charge >= 0.3 is 5.97 Å². The van der Waals surface area contributed by atoms with E-state index in [2.05, 4.69) is 9.80 Å². The summed E-state index contributed by atoms with van der Waals surface area (Å²) in [5, 5.41) is 1.17. The van der Waals surface area contributed by atoms with E-state index in [9.17, 15) is 9.18 Å². The van der Waals surface area contributed by atoms with Crippen molar-refractivity contribution in [3.05, 3.63) is 69.5 Å². The number of rotatable bonds is 9. The van der Waals surface area contributed by atoms with Gasteiger partial charge in [-0.1, -0.05) is 55.2 Å². The Hall–Kier alpha value is -1.66. The molecule has 33 heavy (non-hydrogen) atoms. The highest BCUT2D eigenvalue weighted by Crippen LogP contribution is 2.38. The third-order valence-corrected chi connectivity index (χ3v) is 7.53. The molecule has 0 aromatic heterocycles. The molecule has 1 saturated heterocycles. The summed E-state index contributed by atoms with van der Waals surface area (Å²) in [6.45, 7) is 9.73. The first-order valence-electron chi connectivity index (χ1n) is 11.5. The zero-order chi connectivity index (χ0) is 24.0. The smallest absolute Gasteiger partial charge is 0.316 e. The number of hydrogen-bond donors (Lipinski definition) is 0. The van der Waals surface area contributed by atoms with Crippen LogP contribution in [0, 0.1) is 11.7 Å². The highest BCUT2D eigenvalue weighted by Gasteiger charge is 2.44. The fourth-order valence-electron chi connectivity index (χ4n) is 4.80. The van der Waals surface area contributed by atoms with Crippen molar-refractivity contribution >= 4 is 29.2 Å². The van der Waals surface area contributed by atoms with Crippen molar-refractivity contribution in [2.24, 2.45) is 5.92 Å². The van der Waals surface area contributed by atoms with Crippen LogP contribution in [-0.4, -0.2) is 55.6 Å². The van der Waals surface area contributed by atoms with E-state index in [0.717, 1.165) is 56.8 Å². The third-order valence-electron chi connectivity index (χ3n) is 6.80. The normalized spacial score (nSPS) is 17.2. The minimum atomic E-state index is -0.780. The Morgan fingerprint density at radius 1 is 1.03 bits per heavy atom. The van der Waals surface area contributed by atoms with Gasteiger partial charge in [0.1, 0.15) is 5.82 Å². The van der Waals surface area contributed by atoms with Crippen LogP contribution in [0.3, 0.4) is 0 Å². The van der Waals surface area contributed by atoms with Gasteiger partial charge in [0.15, 0.2) is 0 Å². The summed E-state index contributed by atoms with van der Waals surface area (Å²) >= 11 is 12.2. The number of nitrogens with zero attached hydrogens (tertiary/aromatic N) is 2. The van der Waals surface area contributed by atoms with Crippen LogP contribution in [0.2, 0.25) is 10.0 Å². The molecule has 0 amide bonds. The molecule has 0 aliphatic carbocycles. The van der Waals surface area contributed by atoms with Crippen LogP contribution in [0.4, 0.5) is 4.39 Å². The van der Waals surface area contributed by atoms with E-state index in [1.165, 1.54) is 19.2 Å². The zero-order valence-electron chi connectivity index (χ0n) is 19.6. The SMILES string of the molecule is COC(=O)C(CCCN1CCN(Cc2ccc(Cl)c(Cl)c2)CC1)(c1ccc(F)cc1)C(C)C. The maximum Gasteiger partial charge on any atom is 0.316 e. The monoisotopic (exact) mass is 494 g/mol. The first kappa shape index (κ1) is 26.0. The average molecular weight is 495 g/mol. The van der Waals surface area contributed by atoms with Gasteiger partial charge in [0, 0.05) is 32.7 Å². The number of piperazine rings is 1. The van der Waals surface area contributed by atoms with Crippen LogP contribution in [-0.2, 0) is 21.5 Å². The van der Waals surface area contributed by atoms with Crippen molar-refractivity contribution in [2.45, 2.75) is 38.6 Å². The number of methoxy groups -OCH3 is 1. The van der Waals surface area contributed by atoms with Gasteiger partial charge in [-0.25, -0.2) is 4.39 Å². The Morgan fingerprint density at radius 2 is 1.67 bits per heavy atom. The lowest BCUT2D eigenvalue weighted by Gasteiger charge is -2.38. The van der Waals surface area contributed by atoms with Crippen LogP contribution in [0.5, 0.6) is 0 Å². The van der Waals surface area contributed by atoms with Crippen LogP contribution in [0.15, 0.2) is 42.5 Å². The summed E-state index contributed by atoms with van der Waals surface area (Å²) < 4.78 is 18.7. The molecule has 7 heteroatoms. The van der Waals surface area contributed by atoms with E-state index >= 15 is 0 Å². The van der Waals surface area contributed by atoms with Gasteiger partial charge in [0.2, 0.25) is 0 Å². The molecular weight excluding hydrogens is 462 g/mol. The molecule has 1 aliphatic heterocycles. The van der Waals surface area contributed by atoms with Crippen molar-refractivity contribution < 1.29 is 13.9 Å². The number of hydrogen-bond acceptors (Lipinski definition) is 4. The van der Waals surface area contributed by atoms with Gasteiger partial charge < -0.3 is 9.64 Å². The lowest BCUT2D eigenvalue weighted by molar-refractivity contribution is -0.150. The van der Waals surface area contributed by atoms with Crippen molar-refractivity contribution in [3.63, 3.8) is 0 Å². The Balaban J connectivity index is 1.56. The maximum atomic E-state index is 13.5. The quantitative estimate of drug-likeness (QED) is 0.412. The molecule has 1 atom stereocenters. The van der Waals surface area contributed by atoms with Gasteiger partial charge in [0.05, 0.1) is 22.6 Å². The second-order valence-electron chi connectivity index (χ2n) is 9.09. The lowest BCUT2D eigenvalue weighted by atomic mass is 9.68. The second-order valence-corrected chi connectivity index (χ2v) is 9.91. The Kier molecular flexibility index (Phi) is 9.17. The molecule has 0 radical (unpaired) electrons. The number of carbonyl (C=O) groups is 1. The molecule has 4 nitrogen and oxygen atoms in total. The average Bonchev–Trinajstić information content (AvgIpc) is 2.80. The van der Waals surface area contributed by atoms with Gasteiger partial charge in [-0.3, -0.25) is 9.69 Å². The second kappa shape index (κ2) is 11.7. The van der Waals surface area contributed by atoms with Gasteiger partial charge in [0.25, 0.3) is 0 Å². The molecule has 1 unspecified atom stereocenters. The Morgan fingerprint density at radius 3 is 2.24 bits per heavy atom. The summed E-state index contributed by atoms with van der Waals surface area (Å²) in [6, 6.07) is 12.1. The highest BCUT2D eigenvalue weighted by atomic mass is 35.5. The topological polar surface area (TPSA) is 32.8 Å². The molecular formula is C26H33Cl2FN2O2. The standard InChI is InChI=1S/C26H33Cl2FN2O2/c1-19(2)26(25(32)33-3,21-6-8-22(29)9-7-21)11-4-12-30-13-15-31(16-14-30)18-20-5-10-23(27)24(28)17-20/h5-10,17,19H,4,11-16,18H2,1-3H3. The number of ether oxygens (including phenoxy) is 1. The van der Waals surface area contributed by atoms with Crippen LogP contribution in [0.25, 0.3) is 0 Å². The summed E-state index contributed by atoms with van der Waals surface area (Å²) in [5.74, 6) is -0.533. The Bertz CT molecular complexity index is 930. The minimum absolute atomic E-state index is 0.0264. The molecule has 0 saturated carbocycles. The fourth-order valence-corrected chi connectivity index (χ4v) is 5.12. The van der Waals surface area contributed by atoms with Crippen LogP contribution >= 0.6 is 23.2 Å². The van der Waals surface area contributed by atoms with Crippen LogP contribution < -0.4 is 0 Å². The van der Waals surface area contributed by atoms with Crippen molar-refractivity contribution in [1.82, 2.24) is 9.80 Å². The predicted octanol–water partition coefficient (Wildman–Crippen LogP) is 5.80. The molecule has 2 aromatic carbocycles. The summed E-state index contributed by atoms with van der Waals surface area (Å²) in [7, 11) is 1.43. The molecule has 1 aliphatic rings. The largest absolute Gasteiger partial charge is 0.468 e. The number of carbonyl (C=O) groups excluding carboxylic acids is 1. The highest BCUT2D eigenvalue weighted by molar-refractivity contribution is 6.42. The van der Waals surface area contributed by atoms with Gasteiger partial charge in [-0.15, -0.1) is 0 Å². The van der Waals surface area contributed by atoms with E-state index in [1.807, 2.05) is 32.0 Å². The molecule has 3 rings (SSSR count). The molecule has 0 bridgehead atoms. The van der Waals surface area contributed by atoms with E-state index in [4.69, 9.17) is 27.9 Å². The Labute approximate surface area is 206 Å². The van der Waals surface area contributed by atoms with Crippen molar-refractivity contribution in [1.29, 1.82) is 0 Å². The molecule has 180 valence electrons. The number of esters is 1. The van der Waals surface area contributed by atoms with E-state index < -0.39 is 5.41 Å². The van der Waals surface area contributed by atoms with Crippen molar-refractivity contribution in [2.75, 3.05) is 39.8 Å². The van der Waals surface area contributed by atoms with E-state index in [0.29, 0.717) is 16.5 Å². The van der Waals surface area contributed by atoms with E-state index in [1.54, 1.807) is 12.1 Å². The summed E-state index contributed by atoms with van der Waals surface area (Å²) in [4.78, 5) is 17.8. The van der Waals surface area contributed by atoms with Gasteiger partial charge in [-0.05, 0) is 60.7 Å². The predicted molar refractivity (Wildman–Crippen MR) is 132 cm³/mol.